The molecule has 0 saturated heterocycles. The summed E-state index contributed by atoms with van der Waals surface area (Å²) in [4.78, 5) is 15.4. The molecule has 5 nitrogen and oxygen atoms in total. The summed E-state index contributed by atoms with van der Waals surface area (Å²) in [6.45, 7) is 0. The Morgan fingerprint density at radius 1 is 1.24 bits per heavy atom. The molecule has 106 valence electrons. The lowest BCUT2D eigenvalue weighted by Gasteiger charge is -2.05. The minimum absolute atomic E-state index is 0.458. The highest BCUT2D eigenvalue weighted by Gasteiger charge is 2.14. The van der Waals surface area contributed by atoms with Gasteiger partial charge in [0, 0.05) is 5.56 Å². The van der Waals surface area contributed by atoms with E-state index in [1.54, 1.807) is 7.11 Å². The molecule has 0 unspecified atom stereocenters. The van der Waals surface area contributed by atoms with E-state index in [1.165, 1.54) is 11.3 Å². The number of fused-ring (bicyclic) bond motifs is 1. The van der Waals surface area contributed by atoms with Gasteiger partial charge in [0.2, 0.25) is 0 Å². The molecular weight excluding hydrogens is 286 g/mol. The molecule has 2 amide bonds. The van der Waals surface area contributed by atoms with E-state index >= 15 is 0 Å². The van der Waals surface area contributed by atoms with Crippen LogP contribution in [0, 0.1) is 0 Å². The van der Waals surface area contributed by atoms with Gasteiger partial charge in [0.05, 0.1) is 11.8 Å². The van der Waals surface area contributed by atoms with Crippen LogP contribution in [0.5, 0.6) is 5.75 Å². The SMILES string of the molecule is COc1ccc(-c2ccccc2)c2sc(NC(N)=O)nc12. The van der Waals surface area contributed by atoms with Gasteiger partial charge in [0.25, 0.3) is 0 Å². The quantitative estimate of drug-likeness (QED) is 0.777. The van der Waals surface area contributed by atoms with Gasteiger partial charge in [-0.25, -0.2) is 9.78 Å². The number of nitrogens with two attached hydrogens (primary N) is 1. The molecule has 1 heterocycles. The molecule has 0 spiro atoms. The summed E-state index contributed by atoms with van der Waals surface area (Å²) in [5.74, 6) is 0.665. The van der Waals surface area contributed by atoms with Crippen LogP contribution in [-0.2, 0) is 0 Å². The van der Waals surface area contributed by atoms with Crippen molar-refractivity contribution in [2.75, 3.05) is 12.4 Å². The molecule has 0 atom stereocenters. The Labute approximate surface area is 125 Å². The molecule has 0 aliphatic rings. The maximum atomic E-state index is 11.0. The first-order valence-corrected chi connectivity index (χ1v) is 7.10. The maximum absolute atomic E-state index is 11.0. The van der Waals surface area contributed by atoms with Crippen molar-refractivity contribution in [3.8, 4) is 16.9 Å². The largest absolute Gasteiger partial charge is 0.494 e. The number of amides is 2. The molecule has 6 heteroatoms. The number of thiazole rings is 1. The van der Waals surface area contributed by atoms with Gasteiger partial charge in [0.15, 0.2) is 5.13 Å². The fourth-order valence-electron chi connectivity index (χ4n) is 2.15. The van der Waals surface area contributed by atoms with Crippen LogP contribution in [0.15, 0.2) is 42.5 Å². The second kappa shape index (κ2) is 5.41. The smallest absolute Gasteiger partial charge is 0.318 e. The van der Waals surface area contributed by atoms with Crippen molar-refractivity contribution < 1.29 is 9.53 Å². The number of nitrogens with one attached hydrogen (secondary N) is 1. The Morgan fingerprint density at radius 2 is 2.00 bits per heavy atom. The molecule has 3 N–H and O–H groups in total. The Balaban J connectivity index is 2.22. The van der Waals surface area contributed by atoms with Crippen LogP contribution in [0.25, 0.3) is 21.3 Å². The predicted octanol–water partition coefficient (Wildman–Crippen LogP) is 3.46. The summed E-state index contributed by atoms with van der Waals surface area (Å²) in [5, 5.41) is 2.97. The van der Waals surface area contributed by atoms with Gasteiger partial charge in [-0.3, -0.25) is 5.32 Å². The minimum Gasteiger partial charge on any atom is -0.494 e. The van der Waals surface area contributed by atoms with E-state index in [9.17, 15) is 4.79 Å². The minimum atomic E-state index is -0.630. The lowest BCUT2D eigenvalue weighted by molar-refractivity contribution is 0.259. The summed E-state index contributed by atoms with van der Waals surface area (Å²) in [6.07, 6.45) is 0. The van der Waals surface area contributed by atoms with Crippen molar-refractivity contribution >= 4 is 32.7 Å². The highest BCUT2D eigenvalue weighted by atomic mass is 32.1. The van der Waals surface area contributed by atoms with Crippen molar-refractivity contribution in [1.29, 1.82) is 0 Å². The van der Waals surface area contributed by atoms with Gasteiger partial charge < -0.3 is 10.5 Å². The number of hydrogen-bond acceptors (Lipinski definition) is 4. The summed E-state index contributed by atoms with van der Waals surface area (Å²) in [6, 6.07) is 13.2. The van der Waals surface area contributed by atoms with E-state index in [0.717, 1.165) is 15.8 Å². The predicted molar refractivity (Wildman–Crippen MR) is 84.8 cm³/mol. The third-order valence-electron chi connectivity index (χ3n) is 3.04. The van der Waals surface area contributed by atoms with Crippen LogP contribution in [0.3, 0.4) is 0 Å². The third kappa shape index (κ3) is 2.53. The van der Waals surface area contributed by atoms with Gasteiger partial charge in [-0.15, -0.1) is 0 Å². The van der Waals surface area contributed by atoms with Crippen LogP contribution >= 0.6 is 11.3 Å². The van der Waals surface area contributed by atoms with Crippen molar-refractivity contribution in [2.45, 2.75) is 0 Å². The van der Waals surface area contributed by atoms with Crippen LogP contribution in [0.2, 0.25) is 0 Å². The molecule has 0 radical (unpaired) electrons. The molecule has 0 saturated carbocycles. The van der Waals surface area contributed by atoms with E-state index in [1.807, 2.05) is 42.5 Å². The van der Waals surface area contributed by atoms with Crippen LogP contribution in [-0.4, -0.2) is 18.1 Å². The zero-order chi connectivity index (χ0) is 14.8. The third-order valence-corrected chi connectivity index (χ3v) is 4.05. The molecule has 0 bridgehead atoms. The fraction of sp³-hybridized carbons (Fsp3) is 0.0667. The van der Waals surface area contributed by atoms with Crippen LogP contribution in [0.4, 0.5) is 9.93 Å². The summed E-state index contributed by atoms with van der Waals surface area (Å²) < 4.78 is 6.29. The number of urea groups is 1. The Bertz CT molecular complexity index is 799. The number of ether oxygens (including phenoxy) is 1. The lowest BCUT2D eigenvalue weighted by Crippen LogP contribution is -2.18. The molecule has 2 aromatic carbocycles. The average Bonchev–Trinajstić information content (AvgIpc) is 2.89. The van der Waals surface area contributed by atoms with Crippen molar-refractivity contribution in [2.24, 2.45) is 5.73 Å². The number of rotatable bonds is 3. The zero-order valence-electron chi connectivity index (χ0n) is 11.3. The Morgan fingerprint density at radius 3 is 2.67 bits per heavy atom. The summed E-state index contributed by atoms with van der Waals surface area (Å²) >= 11 is 1.37. The topological polar surface area (TPSA) is 77.2 Å². The summed E-state index contributed by atoms with van der Waals surface area (Å²) in [5.41, 5.74) is 7.99. The van der Waals surface area contributed by atoms with Gasteiger partial charge in [0.1, 0.15) is 11.3 Å². The highest BCUT2D eigenvalue weighted by Crippen LogP contribution is 2.39. The number of nitrogens with zero attached hydrogens (tertiary/aromatic N) is 1. The number of methoxy groups -OCH3 is 1. The second-order valence-corrected chi connectivity index (χ2v) is 5.37. The first-order valence-electron chi connectivity index (χ1n) is 6.28. The Kier molecular flexibility index (Phi) is 3.45. The molecule has 0 aliphatic heterocycles. The molecule has 0 aliphatic carbocycles. The van der Waals surface area contributed by atoms with Crippen LogP contribution < -0.4 is 15.8 Å². The van der Waals surface area contributed by atoms with E-state index in [2.05, 4.69) is 10.3 Å². The number of carbonyl (C=O) groups is 1. The van der Waals surface area contributed by atoms with E-state index in [0.29, 0.717) is 16.4 Å². The standard InChI is InChI=1S/C15H13N3O2S/c1-20-11-8-7-10(9-5-3-2-4-6-9)13-12(11)17-15(21-13)18-14(16)19/h2-8H,1H3,(H3,16,17,18,19). The molecule has 0 fully saturated rings. The Hall–Kier alpha value is -2.60. The maximum Gasteiger partial charge on any atom is 0.318 e. The molecule has 21 heavy (non-hydrogen) atoms. The molecule has 3 aromatic rings. The number of benzene rings is 2. The average molecular weight is 299 g/mol. The first-order chi connectivity index (χ1) is 10.2. The normalized spacial score (nSPS) is 10.5. The van der Waals surface area contributed by atoms with E-state index < -0.39 is 6.03 Å². The number of anilines is 1. The second-order valence-electron chi connectivity index (χ2n) is 4.37. The van der Waals surface area contributed by atoms with Crippen LogP contribution in [0.1, 0.15) is 0 Å². The fourth-order valence-corrected chi connectivity index (χ4v) is 3.17. The van der Waals surface area contributed by atoms with E-state index in [-0.39, 0.29) is 0 Å². The van der Waals surface area contributed by atoms with Gasteiger partial charge in [-0.05, 0) is 17.7 Å². The van der Waals surface area contributed by atoms with Crippen molar-refractivity contribution in [1.82, 2.24) is 4.98 Å². The number of aromatic nitrogens is 1. The number of primary amides is 1. The van der Waals surface area contributed by atoms with Crippen molar-refractivity contribution in [3.05, 3.63) is 42.5 Å². The monoisotopic (exact) mass is 299 g/mol. The van der Waals surface area contributed by atoms with Crippen molar-refractivity contribution in [3.63, 3.8) is 0 Å². The van der Waals surface area contributed by atoms with Gasteiger partial charge in [-0.1, -0.05) is 41.7 Å². The molecule has 3 rings (SSSR count). The molecule has 1 aromatic heterocycles. The number of hydrogen-bond donors (Lipinski definition) is 2. The highest BCUT2D eigenvalue weighted by molar-refractivity contribution is 7.23. The first kappa shape index (κ1) is 13.4. The van der Waals surface area contributed by atoms with E-state index in [4.69, 9.17) is 10.5 Å². The summed E-state index contributed by atoms with van der Waals surface area (Å²) in [7, 11) is 1.59. The molecular formula is C15H13N3O2S. The number of carbonyl (C=O) groups excluding carboxylic acids is 1. The zero-order valence-corrected chi connectivity index (χ0v) is 12.1. The van der Waals surface area contributed by atoms with Gasteiger partial charge in [-0.2, -0.15) is 0 Å². The lowest BCUT2D eigenvalue weighted by atomic mass is 10.1. The van der Waals surface area contributed by atoms with Gasteiger partial charge >= 0.3 is 6.03 Å².